The van der Waals surface area contributed by atoms with Crippen molar-refractivity contribution >= 4 is 22.5 Å². The zero-order valence-electron chi connectivity index (χ0n) is 21.4. The van der Waals surface area contributed by atoms with Crippen LogP contribution < -0.4 is 9.64 Å². The Kier molecular flexibility index (Phi) is 6.63. The number of carbonyl (C=O) groups is 1. The van der Waals surface area contributed by atoms with Gasteiger partial charge in [0.05, 0.1) is 29.4 Å². The third kappa shape index (κ3) is 4.73. The van der Waals surface area contributed by atoms with Crippen LogP contribution in [0.2, 0.25) is 0 Å². The molecular weight excluding hydrogens is 499 g/mol. The standard InChI is InChI=1S/C26H28F3N7O2/c1-15(2)38-18-4-5-20-21(10-18)31-12-17(11-30)23(20)34-7-6-19(16(3)13-34)24(37)35-8-9-36-22(14-35)32-33-25(36)26(27,28)29/h4-5,10,12,15-16,19H,6-9,13-14H2,1-3H3/t16-,19+/m1/s1. The SMILES string of the molecule is CC(C)Oc1ccc2c(N3CC[C@H](C(=O)N4CCn5c(nnc5C(F)(F)F)C4)[C@H](C)C3)c(C#N)cnc2c1. The monoisotopic (exact) mass is 527 g/mol. The first kappa shape index (κ1) is 25.8. The van der Waals surface area contributed by atoms with Crippen molar-refractivity contribution in [3.05, 3.63) is 41.6 Å². The molecule has 0 bridgehead atoms. The first-order valence-electron chi connectivity index (χ1n) is 12.6. The molecule has 2 atom stereocenters. The minimum atomic E-state index is -4.58. The van der Waals surface area contributed by atoms with Gasteiger partial charge in [-0.05, 0) is 38.3 Å². The molecule has 0 unspecified atom stereocenters. The van der Waals surface area contributed by atoms with Crippen molar-refractivity contribution < 1.29 is 22.7 Å². The maximum atomic E-state index is 13.4. The summed E-state index contributed by atoms with van der Waals surface area (Å²) in [5.74, 6) is -0.594. The van der Waals surface area contributed by atoms with E-state index in [1.165, 1.54) is 0 Å². The minimum absolute atomic E-state index is 0.00318. The minimum Gasteiger partial charge on any atom is -0.491 e. The van der Waals surface area contributed by atoms with Gasteiger partial charge in [0.25, 0.3) is 0 Å². The Morgan fingerprint density at radius 1 is 1.21 bits per heavy atom. The molecule has 1 amide bonds. The van der Waals surface area contributed by atoms with Gasteiger partial charge in [0.15, 0.2) is 5.82 Å². The highest BCUT2D eigenvalue weighted by Gasteiger charge is 2.41. The third-order valence-electron chi connectivity index (χ3n) is 7.16. The normalized spacial score (nSPS) is 19.9. The van der Waals surface area contributed by atoms with E-state index in [1.54, 1.807) is 11.1 Å². The quantitative estimate of drug-likeness (QED) is 0.506. The summed E-state index contributed by atoms with van der Waals surface area (Å²) in [6, 6.07) is 7.89. The molecule has 2 aliphatic rings. The number of pyridine rings is 1. The fraction of sp³-hybridized carbons (Fsp3) is 0.500. The molecule has 0 aliphatic carbocycles. The van der Waals surface area contributed by atoms with E-state index in [1.807, 2.05) is 39.0 Å². The first-order chi connectivity index (χ1) is 18.1. The molecule has 1 fully saturated rings. The van der Waals surface area contributed by atoms with Crippen molar-refractivity contribution in [3.8, 4) is 11.8 Å². The van der Waals surface area contributed by atoms with Crippen LogP contribution in [0.15, 0.2) is 24.4 Å². The van der Waals surface area contributed by atoms with Gasteiger partial charge in [-0.2, -0.15) is 18.4 Å². The van der Waals surface area contributed by atoms with E-state index in [0.717, 1.165) is 21.2 Å². The summed E-state index contributed by atoms with van der Waals surface area (Å²) in [5, 5.41) is 17.6. The second-order valence-corrected chi connectivity index (χ2v) is 10.1. The number of fused-ring (bicyclic) bond motifs is 2. The molecule has 4 heterocycles. The average molecular weight is 528 g/mol. The van der Waals surface area contributed by atoms with Gasteiger partial charge in [0, 0.05) is 49.7 Å². The zero-order chi connectivity index (χ0) is 27.2. The van der Waals surface area contributed by atoms with Crippen molar-refractivity contribution in [3.63, 3.8) is 0 Å². The van der Waals surface area contributed by atoms with Gasteiger partial charge in [0.1, 0.15) is 11.8 Å². The van der Waals surface area contributed by atoms with Crippen molar-refractivity contribution in [1.29, 1.82) is 5.26 Å². The Balaban J connectivity index is 1.33. The summed E-state index contributed by atoms with van der Waals surface area (Å²) in [4.78, 5) is 21.6. The highest BCUT2D eigenvalue weighted by molar-refractivity contribution is 5.95. The van der Waals surface area contributed by atoms with E-state index in [9.17, 15) is 23.2 Å². The fourth-order valence-corrected chi connectivity index (χ4v) is 5.43. The molecule has 2 aliphatic heterocycles. The number of halogens is 3. The summed E-state index contributed by atoms with van der Waals surface area (Å²) in [5.41, 5.74) is 1.97. The molecule has 5 rings (SSSR count). The number of piperidine rings is 1. The van der Waals surface area contributed by atoms with Crippen LogP contribution >= 0.6 is 0 Å². The molecule has 12 heteroatoms. The number of aromatic nitrogens is 4. The van der Waals surface area contributed by atoms with Crippen LogP contribution in [0, 0.1) is 23.2 Å². The summed E-state index contributed by atoms with van der Waals surface area (Å²) < 4.78 is 46.3. The lowest BCUT2D eigenvalue weighted by atomic mass is 9.85. The molecule has 9 nitrogen and oxygen atoms in total. The summed E-state index contributed by atoms with van der Waals surface area (Å²) in [6.07, 6.45) is -2.44. The Bertz CT molecular complexity index is 1410. The second-order valence-electron chi connectivity index (χ2n) is 10.1. The van der Waals surface area contributed by atoms with Crippen molar-refractivity contribution in [2.75, 3.05) is 24.5 Å². The molecule has 200 valence electrons. The lowest BCUT2D eigenvalue weighted by Gasteiger charge is -2.40. The lowest BCUT2D eigenvalue weighted by molar-refractivity contribution is -0.148. The van der Waals surface area contributed by atoms with Crippen LogP contribution in [0.5, 0.6) is 5.75 Å². The highest BCUT2D eigenvalue weighted by atomic mass is 19.4. The Labute approximate surface area is 217 Å². The largest absolute Gasteiger partial charge is 0.491 e. The second kappa shape index (κ2) is 9.78. The maximum absolute atomic E-state index is 13.4. The van der Waals surface area contributed by atoms with Gasteiger partial charge in [-0.25, -0.2) is 0 Å². The van der Waals surface area contributed by atoms with E-state index in [-0.39, 0.29) is 49.3 Å². The predicted octanol–water partition coefficient (Wildman–Crippen LogP) is 4.01. The van der Waals surface area contributed by atoms with Gasteiger partial charge >= 0.3 is 6.18 Å². The molecule has 1 saturated heterocycles. The number of rotatable bonds is 4. The fourth-order valence-electron chi connectivity index (χ4n) is 5.43. The molecule has 3 aromatic rings. The number of alkyl halides is 3. The number of anilines is 1. The molecule has 1 aromatic carbocycles. The number of carbonyl (C=O) groups excluding carboxylic acids is 1. The molecule has 0 saturated carbocycles. The predicted molar refractivity (Wildman–Crippen MR) is 132 cm³/mol. The molecule has 0 radical (unpaired) electrons. The molecular formula is C26H28F3N7O2. The number of benzene rings is 1. The Morgan fingerprint density at radius 3 is 2.68 bits per heavy atom. The highest BCUT2D eigenvalue weighted by Crippen LogP contribution is 2.37. The van der Waals surface area contributed by atoms with E-state index in [4.69, 9.17) is 4.74 Å². The van der Waals surface area contributed by atoms with Crippen LogP contribution in [-0.2, 0) is 24.1 Å². The van der Waals surface area contributed by atoms with Crippen molar-refractivity contribution in [2.45, 2.75) is 52.6 Å². The topological polar surface area (TPSA) is 100 Å². The van der Waals surface area contributed by atoms with Crippen molar-refractivity contribution in [1.82, 2.24) is 24.6 Å². The first-order valence-corrected chi connectivity index (χ1v) is 12.6. The van der Waals surface area contributed by atoms with Crippen LogP contribution in [-0.4, -0.2) is 56.3 Å². The number of nitriles is 1. The number of nitrogens with zero attached hydrogens (tertiary/aromatic N) is 7. The lowest BCUT2D eigenvalue weighted by Crippen LogP contribution is -2.49. The Hall–Kier alpha value is -3.88. The van der Waals surface area contributed by atoms with E-state index >= 15 is 0 Å². The van der Waals surface area contributed by atoms with Gasteiger partial charge < -0.3 is 19.1 Å². The van der Waals surface area contributed by atoms with Crippen molar-refractivity contribution in [2.24, 2.45) is 11.8 Å². The molecule has 38 heavy (non-hydrogen) atoms. The van der Waals surface area contributed by atoms with Gasteiger partial charge in [-0.15, -0.1) is 10.2 Å². The molecule has 0 spiro atoms. The molecule has 0 N–H and O–H groups in total. The van der Waals surface area contributed by atoms with E-state index in [0.29, 0.717) is 30.8 Å². The van der Waals surface area contributed by atoms with Crippen LogP contribution in [0.4, 0.5) is 18.9 Å². The number of hydrogen-bond donors (Lipinski definition) is 0. The molecule has 2 aromatic heterocycles. The Morgan fingerprint density at radius 2 is 2.00 bits per heavy atom. The summed E-state index contributed by atoms with van der Waals surface area (Å²) in [6.45, 7) is 7.18. The maximum Gasteiger partial charge on any atom is 0.451 e. The third-order valence-corrected chi connectivity index (χ3v) is 7.16. The number of ether oxygens (including phenoxy) is 1. The smallest absolute Gasteiger partial charge is 0.451 e. The van der Waals surface area contributed by atoms with Crippen LogP contribution in [0.25, 0.3) is 10.9 Å². The average Bonchev–Trinajstić information content (AvgIpc) is 3.31. The van der Waals surface area contributed by atoms with E-state index in [2.05, 4.69) is 26.2 Å². The van der Waals surface area contributed by atoms with Crippen LogP contribution in [0.1, 0.15) is 44.4 Å². The number of amides is 1. The van der Waals surface area contributed by atoms with Crippen LogP contribution in [0.3, 0.4) is 0 Å². The van der Waals surface area contributed by atoms with Gasteiger partial charge in [-0.1, -0.05) is 6.92 Å². The summed E-state index contributed by atoms with van der Waals surface area (Å²) >= 11 is 0. The van der Waals surface area contributed by atoms with E-state index < -0.39 is 12.0 Å². The summed E-state index contributed by atoms with van der Waals surface area (Å²) in [7, 11) is 0. The zero-order valence-corrected chi connectivity index (χ0v) is 21.4. The van der Waals surface area contributed by atoms with Gasteiger partial charge in [0.2, 0.25) is 11.7 Å². The number of hydrogen-bond acceptors (Lipinski definition) is 7. The van der Waals surface area contributed by atoms with Gasteiger partial charge in [-0.3, -0.25) is 9.78 Å².